The molecule has 0 bridgehead atoms. The van der Waals surface area contributed by atoms with Crippen LogP contribution >= 0.6 is 0 Å². The highest BCUT2D eigenvalue weighted by molar-refractivity contribution is 5.92. The van der Waals surface area contributed by atoms with Crippen molar-refractivity contribution in [3.8, 4) is 5.75 Å². The van der Waals surface area contributed by atoms with Gasteiger partial charge in [-0.1, -0.05) is 0 Å². The number of aromatic amines is 1. The molecule has 1 amide bonds. The van der Waals surface area contributed by atoms with Gasteiger partial charge in [-0.2, -0.15) is 0 Å². The van der Waals surface area contributed by atoms with Crippen LogP contribution < -0.4 is 4.74 Å². The maximum atomic E-state index is 12.4. The van der Waals surface area contributed by atoms with E-state index in [-0.39, 0.29) is 5.91 Å². The van der Waals surface area contributed by atoms with Crippen molar-refractivity contribution < 1.29 is 13.9 Å². The monoisotopic (exact) mass is 328 g/mol. The molecule has 1 N–H and O–H groups in total. The van der Waals surface area contributed by atoms with Crippen LogP contribution in [0.4, 0.5) is 0 Å². The average molecular weight is 328 g/mol. The smallest absolute Gasteiger partial charge is 0.291 e. The lowest BCUT2D eigenvalue weighted by atomic mass is 10.3. The van der Waals surface area contributed by atoms with Crippen LogP contribution in [0.25, 0.3) is 11.0 Å². The fourth-order valence-electron chi connectivity index (χ4n) is 2.57. The van der Waals surface area contributed by atoms with Crippen LogP contribution in [-0.4, -0.2) is 46.5 Å². The number of ether oxygens (including phenoxy) is 1. The Morgan fingerprint density at radius 3 is 2.79 bits per heavy atom. The zero-order valence-corrected chi connectivity index (χ0v) is 14.2. The Morgan fingerprint density at radius 1 is 1.33 bits per heavy atom. The number of hydrogen-bond donors (Lipinski definition) is 1. The molecule has 1 aromatic carbocycles. The number of benzene rings is 1. The first-order chi connectivity index (χ1) is 11.5. The molecule has 2 aromatic heterocycles. The molecule has 7 nitrogen and oxygen atoms in total. The van der Waals surface area contributed by atoms with E-state index < -0.39 is 0 Å². The zero-order chi connectivity index (χ0) is 17.3. The number of likely N-dealkylation sites (N-methyl/N-ethyl adjacent to an activating group) is 1. The molecule has 0 radical (unpaired) electrons. The van der Waals surface area contributed by atoms with Gasteiger partial charge in [0.2, 0.25) is 5.76 Å². The molecular formula is C17H20N4O3. The first-order valence-corrected chi connectivity index (χ1v) is 7.70. The van der Waals surface area contributed by atoms with Crippen LogP contribution in [0.5, 0.6) is 5.75 Å². The molecule has 0 aliphatic rings. The summed E-state index contributed by atoms with van der Waals surface area (Å²) in [4.78, 5) is 25.9. The molecule has 0 saturated heterocycles. The van der Waals surface area contributed by atoms with E-state index in [1.807, 2.05) is 18.2 Å². The van der Waals surface area contributed by atoms with E-state index in [9.17, 15) is 4.79 Å². The van der Waals surface area contributed by atoms with Crippen LogP contribution in [0.15, 0.2) is 22.6 Å². The Kier molecular flexibility index (Phi) is 4.24. The predicted octanol–water partition coefficient (Wildman–Crippen LogP) is 2.49. The van der Waals surface area contributed by atoms with Gasteiger partial charge in [-0.05, 0) is 19.1 Å². The summed E-state index contributed by atoms with van der Waals surface area (Å²) >= 11 is 0. The van der Waals surface area contributed by atoms with Gasteiger partial charge in [0, 0.05) is 33.0 Å². The summed E-state index contributed by atoms with van der Waals surface area (Å²) in [6.07, 6.45) is 0.616. The van der Waals surface area contributed by atoms with Crippen molar-refractivity contribution in [2.75, 3.05) is 20.7 Å². The molecule has 7 heteroatoms. The van der Waals surface area contributed by atoms with Crippen molar-refractivity contribution in [1.29, 1.82) is 0 Å². The standard InChI is InChI=1S/C17H20N4O3/c1-10-16(24-11(2)18-10)17(22)21(3)8-7-15-19-13-6-5-12(23-4)9-14(13)20-15/h5-6,9H,7-8H2,1-4H3,(H,19,20). The minimum atomic E-state index is -0.175. The van der Waals surface area contributed by atoms with Crippen molar-refractivity contribution >= 4 is 16.9 Å². The Hall–Kier alpha value is -2.83. The Morgan fingerprint density at radius 2 is 2.12 bits per heavy atom. The highest BCUT2D eigenvalue weighted by Crippen LogP contribution is 2.19. The van der Waals surface area contributed by atoms with Gasteiger partial charge in [-0.15, -0.1) is 0 Å². The summed E-state index contributed by atoms with van der Waals surface area (Å²) in [7, 11) is 3.37. The summed E-state index contributed by atoms with van der Waals surface area (Å²) < 4.78 is 10.6. The summed E-state index contributed by atoms with van der Waals surface area (Å²) in [5.41, 5.74) is 2.40. The Bertz CT molecular complexity index is 881. The van der Waals surface area contributed by atoms with Gasteiger partial charge in [0.25, 0.3) is 5.91 Å². The van der Waals surface area contributed by atoms with Crippen LogP contribution in [0.3, 0.4) is 0 Å². The lowest BCUT2D eigenvalue weighted by Crippen LogP contribution is -2.29. The van der Waals surface area contributed by atoms with E-state index in [2.05, 4.69) is 15.0 Å². The number of oxazole rings is 1. The number of H-pyrrole nitrogens is 1. The van der Waals surface area contributed by atoms with E-state index in [0.717, 1.165) is 22.6 Å². The number of amides is 1. The molecule has 3 rings (SSSR count). The lowest BCUT2D eigenvalue weighted by molar-refractivity contribution is 0.0762. The third-order valence-electron chi connectivity index (χ3n) is 3.87. The number of imidazole rings is 1. The highest BCUT2D eigenvalue weighted by Gasteiger charge is 2.20. The molecule has 2 heterocycles. The van der Waals surface area contributed by atoms with Crippen molar-refractivity contribution in [3.05, 3.63) is 41.4 Å². The second-order valence-corrected chi connectivity index (χ2v) is 5.69. The predicted molar refractivity (Wildman–Crippen MR) is 89.3 cm³/mol. The molecule has 0 unspecified atom stereocenters. The van der Waals surface area contributed by atoms with Crippen molar-refractivity contribution in [2.45, 2.75) is 20.3 Å². The van der Waals surface area contributed by atoms with Crippen LogP contribution in [0.1, 0.15) is 28.0 Å². The second-order valence-electron chi connectivity index (χ2n) is 5.69. The number of aryl methyl sites for hydroxylation is 2. The topological polar surface area (TPSA) is 84.2 Å². The quantitative estimate of drug-likeness (QED) is 0.778. The first kappa shape index (κ1) is 16.0. The van der Waals surface area contributed by atoms with Crippen LogP contribution in [0, 0.1) is 13.8 Å². The molecule has 0 fully saturated rings. The molecule has 126 valence electrons. The second kappa shape index (κ2) is 6.35. The number of nitrogens with one attached hydrogen (secondary N) is 1. The Balaban J connectivity index is 1.68. The number of aromatic nitrogens is 3. The van der Waals surface area contributed by atoms with Gasteiger partial charge in [0.15, 0.2) is 5.89 Å². The van der Waals surface area contributed by atoms with Crippen molar-refractivity contribution in [3.63, 3.8) is 0 Å². The third kappa shape index (κ3) is 3.10. The summed E-state index contributed by atoms with van der Waals surface area (Å²) in [5, 5.41) is 0. The molecular weight excluding hydrogens is 308 g/mol. The minimum Gasteiger partial charge on any atom is -0.497 e. The number of methoxy groups -OCH3 is 1. The van der Waals surface area contributed by atoms with Gasteiger partial charge < -0.3 is 19.0 Å². The minimum absolute atomic E-state index is 0.175. The van der Waals surface area contributed by atoms with Crippen LogP contribution in [0.2, 0.25) is 0 Å². The summed E-state index contributed by atoms with van der Waals surface area (Å²) in [6, 6.07) is 5.68. The van der Waals surface area contributed by atoms with Crippen LogP contribution in [-0.2, 0) is 6.42 Å². The molecule has 0 aliphatic carbocycles. The molecule has 24 heavy (non-hydrogen) atoms. The number of fused-ring (bicyclic) bond motifs is 1. The van der Waals surface area contributed by atoms with Gasteiger partial charge in [0.1, 0.15) is 11.6 Å². The number of rotatable bonds is 5. The van der Waals surface area contributed by atoms with E-state index in [4.69, 9.17) is 9.15 Å². The largest absolute Gasteiger partial charge is 0.497 e. The first-order valence-electron chi connectivity index (χ1n) is 7.70. The number of hydrogen-bond acceptors (Lipinski definition) is 5. The zero-order valence-electron chi connectivity index (χ0n) is 14.2. The number of carbonyl (C=O) groups is 1. The van der Waals surface area contributed by atoms with Gasteiger partial charge in [-0.3, -0.25) is 4.79 Å². The maximum Gasteiger partial charge on any atom is 0.291 e. The fourth-order valence-corrected chi connectivity index (χ4v) is 2.57. The SMILES string of the molecule is COc1ccc2nc(CCN(C)C(=O)c3oc(C)nc3C)[nH]c2c1. The normalized spacial score (nSPS) is 11.0. The van der Waals surface area contributed by atoms with E-state index in [1.165, 1.54) is 0 Å². The van der Waals surface area contributed by atoms with Gasteiger partial charge in [-0.25, -0.2) is 9.97 Å². The molecule has 0 spiro atoms. The third-order valence-corrected chi connectivity index (χ3v) is 3.87. The van der Waals surface area contributed by atoms with Gasteiger partial charge >= 0.3 is 0 Å². The average Bonchev–Trinajstić information content (AvgIpc) is 3.13. The molecule has 0 atom stereocenters. The molecule has 3 aromatic rings. The highest BCUT2D eigenvalue weighted by atomic mass is 16.5. The molecule has 0 aliphatic heterocycles. The fraction of sp³-hybridized carbons (Fsp3) is 0.353. The number of nitrogens with zero attached hydrogens (tertiary/aromatic N) is 3. The Labute approximate surface area is 139 Å². The molecule has 0 saturated carbocycles. The summed E-state index contributed by atoms with van der Waals surface area (Å²) in [5.74, 6) is 2.22. The van der Waals surface area contributed by atoms with E-state index in [1.54, 1.807) is 32.9 Å². The van der Waals surface area contributed by atoms with Gasteiger partial charge in [0.05, 0.1) is 23.8 Å². The van der Waals surface area contributed by atoms with E-state index >= 15 is 0 Å². The number of carbonyl (C=O) groups excluding carboxylic acids is 1. The van der Waals surface area contributed by atoms with E-state index in [0.29, 0.717) is 30.3 Å². The lowest BCUT2D eigenvalue weighted by Gasteiger charge is -2.14. The van der Waals surface area contributed by atoms with Crippen molar-refractivity contribution in [1.82, 2.24) is 19.9 Å². The maximum absolute atomic E-state index is 12.4. The van der Waals surface area contributed by atoms with Crippen molar-refractivity contribution in [2.24, 2.45) is 0 Å². The summed E-state index contributed by atoms with van der Waals surface area (Å²) in [6.45, 7) is 4.02.